The Kier molecular flexibility index (Phi) is 2.27. The number of aromatic nitrogens is 1. The highest BCUT2D eigenvalue weighted by atomic mass is 35.5. The molecule has 0 radical (unpaired) electrons. The molecule has 0 spiro atoms. The first-order valence-electron chi connectivity index (χ1n) is 4.25. The van der Waals surface area contributed by atoms with Crippen LogP contribution in [0, 0.1) is 6.92 Å². The third kappa shape index (κ3) is 1.41. The first-order chi connectivity index (χ1) is 6.72. The van der Waals surface area contributed by atoms with Crippen LogP contribution in [0.4, 0.5) is 5.82 Å². The van der Waals surface area contributed by atoms with Gasteiger partial charge in [0.1, 0.15) is 5.82 Å². The Labute approximate surface area is 86.9 Å². The highest BCUT2D eigenvalue weighted by Gasteiger charge is 2.04. The Morgan fingerprint density at radius 2 is 2.00 bits per heavy atom. The molecule has 0 bridgehead atoms. The van der Waals surface area contributed by atoms with Gasteiger partial charge in [0.2, 0.25) is 0 Å². The minimum atomic E-state index is 0.616. The quantitative estimate of drug-likeness (QED) is 0.558. The van der Waals surface area contributed by atoms with E-state index in [2.05, 4.69) is 10.4 Å². The fourth-order valence-corrected chi connectivity index (χ4v) is 1.55. The summed E-state index contributed by atoms with van der Waals surface area (Å²) in [5.41, 5.74) is 4.29. The van der Waals surface area contributed by atoms with E-state index in [1.165, 1.54) is 0 Å². The number of benzene rings is 1. The number of hydrazine groups is 1. The molecular weight excluding hydrogens is 198 g/mol. The van der Waals surface area contributed by atoms with Crippen LogP contribution in [0.25, 0.3) is 10.9 Å². The summed E-state index contributed by atoms with van der Waals surface area (Å²) < 4.78 is 0. The second-order valence-corrected chi connectivity index (χ2v) is 3.49. The highest BCUT2D eigenvalue weighted by Crippen LogP contribution is 2.26. The molecular formula is C10H10ClN3. The molecule has 1 aromatic heterocycles. The number of nitrogens with one attached hydrogen (secondary N) is 1. The molecule has 1 heterocycles. The van der Waals surface area contributed by atoms with Crippen LogP contribution in [0.15, 0.2) is 24.3 Å². The average Bonchev–Trinajstić information content (AvgIpc) is 2.23. The molecule has 2 aromatic rings. The fourth-order valence-electron chi connectivity index (χ4n) is 1.34. The maximum absolute atomic E-state index is 6.12. The number of hydrogen-bond acceptors (Lipinski definition) is 3. The lowest BCUT2D eigenvalue weighted by atomic mass is 10.1. The molecule has 0 atom stereocenters. The monoisotopic (exact) mass is 207 g/mol. The van der Waals surface area contributed by atoms with Crippen molar-refractivity contribution in [1.29, 1.82) is 0 Å². The number of hydrogen-bond donors (Lipinski definition) is 2. The number of halogens is 1. The van der Waals surface area contributed by atoms with Gasteiger partial charge >= 0.3 is 0 Å². The smallest absolute Gasteiger partial charge is 0.140 e. The van der Waals surface area contributed by atoms with Crippen molar-refractivity contribution in [2.45, 2.75) is 6.92 Å². The van der Waals surface area contributed by atoms with Crippen molar-refractivity contribution in [1.82, 2.24) is 4.98 Å². The van der Waals surface area contributed by atoms with E-state index in [-0.39, 0.29) is 0 Å². The van der Waals surface area contributed by atoms with E-state index in [4.69, 9.17) is 17.4 Å². The van der Waals surface area contributed by atoms with Crippen molar-refractivity contribution in [3.05, 3.63) is 34.9 Å². The lowest BCUT2D eigenvalue weighted by Gasteiger charge is -2.05. The fraction of sp³-hybridized carbons (Fsp3) is 0.100. The topological polar surface area (TPSA) is 50.9 Å². The van der Waals surface area contributed by atoms with Crippen molar-refractivity contribution in [2.24, 2.45) is 5.84 Å². The van der Waals surface area contributed by atoms with Gasteiger partial charge in [-0.1, -0.05) is 23.7 Å². The van der Waals surface area contributed by atoms with Gasteiger partial charge in [0.15, 0.2) is 0 Å². The number of rotatable bonds is 1. The molecule has 0 saturated heterocycles. The van der Waals surface area contributed by atoms with E-state index in [1.54, 1.807) is 0 Å². The Hall–Kier alpha value is -1.32. The molecule has 0 unspecified atom stereocenters. The van der Waals surface area contributed by atoms with E-state index in [0.29, 0.717) is 10.8 Å². The van der Waals surface area contributed by atoms with Crippen LogP contribution < -0.4 is 11.3 Å². The Morgan fingerprint density at radius 1 is 1.29 bits per heavy atom. The van der Waals surface area contributed by atoms with Gasteiger partial charge < -0.3 is 5.43 Å². The van der Waals surface area contributed by atoms with E-state index in [1.807, 2.05) is 31.2 Å². The molecule has 0 saturated carbocycles. The summed E-state index contributed by atoms with van der Waals surface area (Å²) in [5.74, 6) is 5.89. The van der Waals surface area contributed by atoms with Crippen LogP contribution in [0.1, 0.15) is 5.56 Å². The molecule has 0 amide bonds. The summed E-state index contributed by atoms with van der Waals surface area (Å²) in [6.07, 6.45) is 0. The van der Waals surface area contributed by atoms with Crippen molar-refractivity contribution in [2.75, 3.05) is 5.43 Å². The van der Waals surface area contributed by atoms with E-state index in [0.717, 1.165) is 16.5 Å². The SMILES string of the molecule is Cc1ccc2ccc(NN)nc2c1Cl. The molecule has 0 aliphatic rings. The van der Waals surface area contributed by atoms with Gasteiger partial charge in [-0.3, -0.25) is 0 Å². The molecule has 4 heteroatoms. The first-order valence-corrected chi connectivity index (χ1v) is 4.62. The van der Waals surface area contributed by atoms with Crippen LogP contribution in [0.3, 0.4) is 0 Å². The normalized spacial score (nSPS) is 10.5. The summed E-state index contributed by atoms with van der Waals surface area (Å²) in [7, 11) is 0. The maximum Gasteiger partial charge on any atom is 0.140 e. The molecule has 72 valence electrons. The van der Waals surface area contributed by atoms with E-state index < -0.39 is 0 Å². The van der Waals surface area contributed by atoms with E-state index in [9.17, 15) is 0 Å². The standard InChI is InChI=1S/C10H10ClN3/c1-6-2-3-7-4-5-8(14-12)13-10(7)9(6)11/h2-5H,12H2,1H3,(H,13,14). The Bertz CT molecular complexity index is 482. The van der Waals surface area contributed by atoms with Crippen LogP contribution in [0.2, 0.25) is 5.02 Å². The van der Waals surface area contributed by atoms with Crippen LogP contribution in [-0.2, 0) is 0 Å². The number of nitrogen functional groups attached to an aromatic ring is 1. The van der Waals surface area contributed by atoms with Gasteiger partial charge in [0.25, 0.3) is 0 Å². The van der Waals surface area contributed by atoms with Gasteiger partial charge in [-0.05, 0) is 24.6 Å². The minimum Gasteiger partial charge on any atom is -0.308 e. The Morgan fingerprint density at radius 3 is 2.71 bits per heavy atom. The number of aryl methyl sites for hydroxylation is 1. The van der Waals surface area contributed by atoms with Gasteiger partial charge in [-0.15, -0.1) is 0 Å². The maximum atomic E-state index is 6.12. The van der Waals surface area contributed by atoms with Crippen LogP contribution >= 0.6 is 11.6 Å². The lowest BCUT2D eigenvalue weighted by molar-refractivity contribution is 1.26. The predicted molar refractivity (Wildman–Crippen MR) is 59.3 cm³/mol. The molecule has 3 nitrogen and oxygen atoms in total. The Balaban J connectivity index is 2.78. The molecule has 2 rings (SSSR count). The predicted octanol–water partition coefficient (Wildman–Crippen LogP) is 2.48. The zero-order valence-electron chi connectivity index (χ0n) is 7.71. The molecule has 14 heavy (non-hydrogen) atoms. The summed E-state index contributed by atoms with van der Waals surface area (Å²) in [6, 6.07) is 7.71. The number of fused-ring (bicyclic) bond motifs is 1. The zero-order chi connectivity index (χ0) is 10.1. The third-order valence-electron chi connectivity index (χ3n) is 2.14. The molecule has 1 aromatic carbocycles. The van der Waals surface area contributed by atoms with Crippen molar-refractivity contribution < 1.29 is 0 Å². The number of anilines is 1. The van der Waals surface area contributed by atoms with Gasteiger partial charge in [-0.25, -0.2) is 10.8 Å². The van der Waals surface area contributed by atoms with Crippen LogP contribution in [0.5, 0.6) is 0 Å². The number of nitrogens with two attached hydrogens (primary N) is 1. The average molecular weight is 208 g/mol. The summed E-state index contributed by atoms with van der Waals surface area (Å²) >= 11 is 6.12. The largest absolute Gasteiger partial charge is 0.308 e. The zero-order valence-corrected chi connectivity index (χ0v) is 8.47. The summed E-state index contributed by atoms with van der Waals surface area (Å²) in [5, 5.41) is 1.69. The lowest BCUT2D eigenvalue weighted by Crippen LogP contribution is -2.08. The second kappa shape index (κ2) is 3.44. The summed E-state index contributed by atoms with van der Waals surface area (Å²) in [4.78, 5) is 4.29. The van der Waals surface area contributed by atoms with Crippen molar-refractivity contribution in [3.63, 3.8) is 0 Å². The highest BCUT2D eigenvalue weighted by molar-refractivity contribution is 6.35. The second-order valence-electron chi connectivity index (χ2n) is 3.11. The number of nitrogens with zero attached hydrogens (tertiary/aromatic N) is 1. The van der Waals surface area contributed by atoms with Gasteiger partial charge in [0, 0.05) is 5.39 Å². The van der Waals surface area contributed by atoms with Gasteiger partial charge in [0.05, 0.1) is 10.5 Å². The van der Waals surface area contributed by atoms with Crippen molar-refractivity contribution >= 4 is 28.3 Å². The summed E-state index contributed by atoms with van der Waals surface area (Å²) in [6.45, 7) is 1.95. The number of pyridine rings is 1. The molecule has 0 aliphatic heterocycles. The van der Waals surface area contributed by atoms with E-state index >= 15 is 0 Å². The first kappa shape index (κ1) is 9.24. The molecule has 0 aliphatic carbocycles. The van der Waals surface area contributed by atoms with Crippen molar-refractivity contribution in [3.8, 4) is 0 Å². The molecule has 3 N–H and O–H groups in total. The van der Waals surface area contributed by atoms with Gasteiger partial charge in [-0.2, -0.15) is 0 Å². The minimum absolute atomic E-state index is 0.616. The third-order valence-corrected chi connectivity index (χ3v) is 2.62. The molecule has 0 fully saturated rings. The van der Waals surface area contributed by atoms with Crippen LogP contribution in [-0.4, -0.2) is 4.98 Å².